The number of aromatic amines is 1. The zero-order chi connectivity index (χ0) is 12.3. The van der Waals surface area contributed by atoms with E-state index >= 15 is 0 Å². The van der Waals surface area contributed by atoms with E-state index in [1.165, 1.54) is 5.56 Å². The molecule has 0 aliphatic rings. The Kier molecular flexibility index (Phi) is 3.54. The van der Waals surface area contributed by atoms with Crippen LogP contribution in [-0.2, 0) is 0 Å². The summed E-state index contributed by atoms with van der Waals surface area (Å²) in [6.07, 6.45) is 0. The van der Waals surface area contributed by atoms with Gasteiger partial charge in [-0.15, -0.1) is 0 Å². The Labute approximate surface area is 106 Å². The lowest BCUT2D eigenvalue weighted by molar-refractivity contribution is 0.866. The first-order chi connectivity index (χ1) is 8.15. The summed E-state index contributed by atoms with van der Waals surface area (Å²) in [5.41, 5.74) is 1.24. The molecule has 1 heterocycles. The minimum atomic E-state index is 0.226. The van der Waals surface area contributed by atoms with Crippen molar-refractivity contribution in [2.24, 2.45) is 0 Å². The van der Waals surface area contributed by atoms with E-state index in [4.69, 9.17) is 12.2 Å². The molecule has 4 heteroatoms. The van der Waals surface area contributed by atoms with Crippen molar-refractivity contribution >= 4 is 18.0 Å². The summed E-state index contributed by atoms with van der Waals surface area (Å²) >= 11 is 5.09. The minimum absolute atomic E-state index is 0.226. The van der Waals surface area contributed by atoms with Crippen LogP contribution in [0.4, 0.5) is 5.82 Å². The maximum absolute atomic E-state index is 5.09. The maximum atomic E-state index is 5.09. The van der Waals surface area contributed by atoms with Crippen LogP contribution in [0.15, 0.2) is 36.4 Å². The van der Waals surface area contributed by atoms with Crippen LogP contribution in [0.1, 0.15) is 24.4 Å². The molecule has 17 heavy (non-hydrogen) atoms. The standard InChI is InChI=1S/C13H15N3S/c1-9(11-6-4-3-5-7-11)14-12-8-13(17)16-10(2)15-12/h3-9H,1-2H3,(H2,14,15,16,17). The van der Waals surface area contributed by atoms with Gasteiger partial charge in [-0.3, -0.25) is 0 Å². The van der Waals surface area contributed by atoms with Crippen LogP contribution in [-0.4, -0.2) is 9.97 Å². The number of nitrogens with zero attached hydrogens (tertiary/aromatic N) is 1. The van der Waals surface area contributed by atoms with Gasteiger partial charge in [-0.25, -0.2) is 4.98 Å². The highest BCUT2D eigenvalue weighted by Crippen LogP contribution is 2.17. The van der Waals surface area contributed by atoms with Gasteiger partial charge in [-0.05, 0) is 19.4 Å². The van der Waals surface area contributed by atoms with Crippen LogP contribution in [0.2, 0.25) is 0 Å². The van der Waals surface area contributed by atoms with Crippen LogP contribution >= 0.6 is 12.2 Å². The molecule has 0 amide bonds. The lowest BCUT2D eigenvalue weighted by atomic mass is 10.1. The van der Waals surface area contributed by atoms with Gasteiger partial charge in [-0.1, -0.05) is 42.5 Å². The summed E-state index contributed by atoms with van der Waals surface area (Å²) in [5.74, 6) is 1.72. The second kappa shape index (κ2) is 5.10. The number of hydrogen-bond acceptors (Lipinski definition) is 3. The van der Waals surface area contributed by atoms with Crippen molar-refractivity contribution in [2.75, 3.05) is 5.32 Å². The highest BCUT2D eigenvalue weighted by molar-refractivity contribution is 7.71. The average Bonchev–Trinajstić information content (AvgIpc) is 2.28. The topological polar surface area (TPSA) is 40.7 Å². The van der Waals surface area contributed by atoms with Crippen LogP contribution in [0.5, 0.6) is 0 Å². The molecule has 0 fully saturated rings. The third-order valence-corrected chi connectivity index (χ3v) is 2.74. The highest BCUT2D eigenvalue weighted by atomic mass is 32.1. The Bertz CT molecular complexity index is 548. The molecule has 1 atom stereocenters. The fourth-order valence-electron chi connectivity index (χ4n) is 1.72. The van der Waals surface area contributed by atoms with Crippen LogP contribution < -0.4 is 5.32 Å². The Morgan fingerprint density at radius 1 is 1.29 bits per heavy atom. The third kappa shape index (κ3) is 3.14. The predicted octanol–water partition coefficient (Wildman–Crippen LogP) is 3.62. The first-order valence-electron chi connectivity index (χ1n) is 5.54. The zero-order valence-corrected chi connectivity index (χ0v) is 10.7. The number of aryl methyl sites for hydroxylation is 1. The third-order valence-electron chi connectivity index (χ3n) is 2.53. The Morgan fingerprint density at radius 3 is 2.65 bits per heavy atom. The molecule has 1 unspecified atom stereocenters. The number of rotatable bonds is 3. The van der Waals surface area contributed by atoms with E-state index in [1.54, 1.807) is 0 Å². The molecule has 2 N–H and O–H groups in total. The van der Waals surface area contributed by atoms with E-state index in [0.29, 0.717) is 4.64 Å². The monoisotopic (exact) mass is 245 g/mol. The lowest BCUT2D eigenvalue weighted by Crippen LogP contribution is -2.08. The molecule has 0 radical (unpaired) electrons. The number of hydrogen-bond donors (Lipinski definition) is 2. The first-order valence-corrected chi connectivity index (χ1v) is 5.95. The highest BCUT2D eigenvalue weighted by Gasteiger charge is 2.04. The van der Waals surface area contributed by atoms with Crippen molar-refractivity contribution in [1.82, 2.24) is 9.97 Å². The summed E-state index contributed by atoms with van der Waals surface area (Å²) in [6, 6.07) is 12.3. The number of benzene rings is 1. The molecule has 0 bridgehead atoms. The average molecular weight is 245 g/mol. The number of aromatic nitrogens is 2. The zero-order valence-electron chi connectivity index (χ0n) is 9.90. The van der Waals surface area contributed by atoms with Gasteiger partial charge in [0.25, 0.3) is 0 Å². The summed E-state index contributed by atoms with van der Waals surface area (Å²) in [4.78, 5) is 7.29. The van der Waals surface area contributed by atoms with Gasteiger partial charge >= 0.3 is 0 Å². The quantitative estimate of drug-likeness (QED) is 0.811. The molecule has 88 valence electrons. The van der Waals surface area contributed by atoms with Crippen molar-refractivity contribution in [1.29, 1.82) is 0 Å². The molecule has 1 aromatic heterocycles. The van der Waals surface area contributed by atoms with Crippen LogP contribution in [0, 0.1) is 11.6 Å². The van der Waals surface area contributed by atoms with E-state index in [1.807, 2.05) is 31.2 Å². The molecular weight excluding hydrogens is 230 g/mol. The van der Waals surface area contributed by atoms with Crippen molar-refractivity contribution in [2.45, 2.75) is 19.9 Å². The van der Waals surface area contributed by atoms with Crippen molar-refractivity contribution < 1.29 is 0 Å². The van der Waals surface area contributed by atoms with Gasteiger partial charge in [0.05, 0.1) is 0 Å². The van der Waals surface area contributed by atoms with Gasteiger partial charge in [0.1, 0.15) is 16.3 Å². The predicted molar refractivity (Wildman–Crippen MR) is 72.6 cm³/mol. The summed E-state index contributed by atoms with van der Waals surface area (Å²) < 4.78 is 0.601. The summed E-state index contributed by atoms with van der Waals surface area (Å²) in [6.45, 7) is 4.01. The lowest BCUT2D eigenvalue weighted by Gasteiger charge is -2.15. The molecule has 2 aromatic rings. The first kappa shape index (κ1) is 11.8. The summed E-state index contributed by atoms with van der Waals surface area (Å²) in [7, 11) is 0. The van der Waals surface area contributed by atoms with E-state index in [0.717, 1.165) is 11.6 Å². The Hall–Kier alpha value is -1.68. The van der Waals surface area contributed by atoms with Gasteiger partial charge in [-0.2, -0.15) is 0 Å². The normalized spacial score (nSPS) is 12.1. The second-order valence-corrected chi connectivity index (χ2v) is 4.41. The molecule has 0 aliphatic heterocycles. The van der Waals surface area contributed by atoms with E-state index in [-0.39, 0.29) is 6.04 Å². The number of anilines is 1. The van der Waals surface area contributed by atoms with Gasteiger partial charge in [0, 0.05) is 12.1 Å². The maximum Gasteiger partial charge on any atom is 0.131 e. The molecule has 3 nitrogen and oxygen atoms in total. The van der Waals surface area contributed by atoms with Gasteiger partial charge in [0.2, 0.25) is 0 Å². The molecule has 0 aliphatic carbocycles. The smallest absolute Gasteiger partial charge is 0.131 e. The molecule has 0 spiro atoms. The number of H-pyrrole nitrogens is 1. The largest absolute Gasteiger partial charge is 0.365 e. The second-order valence-electron chi connectivity index (χ2n) is 4.00. The van der Waals surface area contributed by atoms with Crippen molar-refractivity contribution in [3.8, 4) is 0 Å². The fraction of sp³-hybridized carbons (Fsp3) is 0.231. The fourth-order valence-corrected chi connectivity index (χ4v) is 1.97. The minimum Gasteiger partial charge on any atom is -0.365 e. The Balaban J connectivity index is 2.18. The molecule has 0 saturated heterocycles. The molecule has 1 aromatic carbocycles. The van der Waals surface area contributed by atoms with Gasteiger partial charge in [0.15, 0.2) is 0 Å². The van der Waals surface area contributed by atoms with Crippen molar-refractivity contribution in [3.05, 3.63) is 52.4 Å². The van der Waals surface area contributed by atoms with E-state index in [2.05, 4.69) is 34.3 Å². The van der Waals surface area contributed by atoms with E-state index in [9.17, 15) is 0 Å². The molecule has 2 rings (SSSR count). The van der Waals surface area contributed by atoms with Gasteiger partial charge < -0.3 is 10.3 Å². The molecular formula is C13H15N3S. The summed E-state index contributed by atoms with van der Waals surface area (Å²) in [5, 5.41) is 3.38. The number of nitrogens with one attached hydrogen (secondary N) is 2. The Morgan fingerprint density at radius 2 is 2.00 bits per heavy atom. The van der Waals surface area contributed by atoms with Crippen LogP contribution in [0.3, 0.4) is 0 Å². The van der Waals surface area contributed by atoms with Crippen molar-refractivity contribution in [3.63, 3.8) is 0 Å². The van der Waals surface area contributed by atoms with Crippen LogP contribution in [0.25, 0.3) is 0 Å². The SMILES string of the molecule is Cc1nc(=S)cc(NC(C)c2ccccc2)[nH]1. The molecule has 0 saturated carbocycles. The van der Waals surface area contributed by atoms with E-state index < -0.39 is 0 Å².